The predicted molar refractivity (Wildman–Crippen MR) is 71.8 cm³/mol. The van der Waals surface area contributed by atoms with Crippen molar-refractivity contribution in [1.82, 2.24) is 4.90 Å². The van der Waals surface area contributed by atoms with Crippen molar-refractivity contribution in [2.75, 3.05) is 45.3 Å². The molecule has 1 aromatic heterocycles. The van der Waals surface area contributed by atoms with Gasteiger partial charge in [-0.3, -0.25) is 0 Å². The number of carbonyl (C=O) groups is 1. The maximum absolute atomic E-state index is 11.5. The van der Waals surface area contributed by atoms with E-state index in [0.717, 1.165) is 17.9 Å². The molecular formula is C11H16N4O2S. The smallest absolute Gasteiger partial charge is 0.350 e. The molecule has 0 aliphatic carbocycles. The number of thiophene rings is 1. The second-order valence-corrected chi connectivity index (χ2v) is 4.90. The SMILES string of the molecule is COC(=O)c1sc(NCCN(C)C)c(C#N)c1N. The van der Waals surface area contributed by atoms with E-state index in [1.165, 1.54) is 7.11 Å². The van der Waals surface area contributed by atoms with Crippen LogP contribution in [0.1, 0.15) is 15.2 Å². The van der Waals surface area contributed by atoms with Gasteiger partial charge in [0.1, 0.15) is 21.5 Å². The van der Waals surface area contributed by atoms with Crippen LogP contribution in [0.5, 0.6) is 0 Å². The fourth-order valence-electron chi connectivity index (χ4n) is 1.32. The predicted octanol–water partition coefficient (Wildman–Crippen LogP) is 0.962. The van der Waals surface area contributed by atoms with E-state index in [9.17, 15) is 4.79 Å². The van der Waals surface area contributed by atoms with E-state index < -0.39 is 5.97 Å². The minimum absolute atomic E-state index is 0.182. The van der Waals surface area contributed by atoms with Crippen LogP contribution in [-0.2, 0) is 4.74 Å². The summed E-state index contributed by atoms with van der Waals surface area (Å²) in [6.45, 7) is 1.48. The van der Waals surface area contributed by atoms with Crippen LogP contribution in [0.2, 0.25) is 0 Å². The zero-order valence-corrected chi connectivity index (χ0v) is 11.4. The largest absolute Gasteiger partial charge is 0.465 e. The second-order valence-electron chi connectivity index (χ2n) is 3.88. The molecule has 0 amide bonds. The number of nitriles is 1. The Morgan fingerprint density at radius 2 is 2.28 bits per heavy atom. The summed E-state index contributed by atoms with van der Waals surface area (Å²) in [6.07, 6.45) is 0. The van der Waals surface area contributed by atoms with E-state index in [4.69, 9.17) is 11.0 Å². The maximum atomic E-state index is 11.5. The molecule has 0 spiro atoms. The van der Waals surface area contributed by atoms with Gasteiger partial charge in [-0.1, -0.05) is 0 Å². The molecule has 0 radical (unpaired) electrons. The first kappa shape index (κ1) is 14.3. The zero-order chi connectivity index (χ0) is 13.7. The highest BCUT2D eigenvalue weighted by atomic mass is 32.1. The van der Waals surface area contributed by atoms with Crippen LogP contribution in [-0.4, -0.2) is 45.2 Å². The maximum Gasteiger partial charge on any atom is 0.350 e. The minimum Gasteiger partial charge on any atom is -0.465 e. The van der Waals surface area contributed by atoms with E-state index in [1.54, 1.807) is 0 Å². The number of nitrogens with zero attached hydrogens (tertiary/aromatic N) is 2. The van der Waals surface area contributed by atoms with Gasteiger partial charge in [-0.25, -0.2) is 4.79 Å². The summed E-state index contributed by atoms with van der Waals surface area (Å²) >= 11 is 1.14. The molecule has 0 bridgehead atoms. The number of hydrogen-bond donors (Lipinski definition) is 2. The van der Waals surface area contributed by atoms with Crippen molar-refractivity contribution >= 4 is 28.0 Å². The highest BCUT2D eigenvalue weighted by molar-refractivity contribution is 7.18. The molecule has 1 heterocycles. The lowest BCUT2D eigenvalue weighted by Crippen LogP contribution is -2.20. The van der Waals surface area contributed by atoms with Gasteiger partial charge in [0.2, 0.25) is 0 Å². The van der Waals surface area contributed by atoms with Crippen LogP contribution in [0, 0.1) is 11.3 Å². The second kappa shape index (κ2) is 6.23. The van der Waals surface area contributed by atoms with Crippen molar-refractivity contribution in [3.63, 3.8) is 0 Å². The summed E-state index contributed by atoms with van der Waals surface area (Å²) in [5.41, 5.74) is 6.25. The average molecular weight is 268 g/mol. The van der Waals surface area contributed by atoms with Crippen molar-refractivity contribution in [2.45, 2.75) is 0 Å². The molecule has 18 heavy (non-hydrogen) atoms. The third kappa shape index (κ3) is 3.12. The number of nitrogens with two attached hydrogens (primary N) is 1. The molecular weight excluding hydrogens is 252 g/mol. The molecule has 3 N–H and O–H groups in total. The van der Waals surface area contributed by atoms with E-state index in [1.807, 2.05) is 25.1 Å². The third-order valence-electron chi connectivity index (χ3n) is 2.27. The van der Waals surface area contributed by atoms with Gasteiger partial charge < -0.3 is 20.7 Å². The molecule has 0 saturated carbocycles. The van der Waals surface area contributed by atoms with Crippen LogP contribution in [0.15, 0.2) is 0 Å². The molecule has 0 unspecified atom stereocenters. The molecule has 1 aromatic rings. The summed E-state index contributed by atoms with van der Waals surface area (Å²) in [5, 5.41) is 12.8. The van der Waals surface area contributed by atoms with E-state index in [-0.39, 0.29) is 10.6 Å². The molecule has 98 valence electrons. The van der Waals surface area contributed by atoms with Crippen molar-refractivity contribution in [1.29, 1.82) is 5.26 Å². The Kier molecular flexibility index (Phi) is 4.95. The summed E-state index contributed by atoms with van der Waals surface area (Å²) in [6, 6.07) is 2.00. The molecule has 6 nitrogen and oxygen atoms in total. The van der Waals surface area contributed by atoms with Gasteiger partial charge >= 0.3 is 5.97 Å². The lowest BCUT2D eigenvalue weighted by atomic mass is 10.2. The summed E-state index contributed by atoms with van der Waals surface area (Å²) in [5.74, 6) is -0.519. The van der Waals surface area contributed by atoms with Gasteiger partial charge in [-0.15, -0.1) is 11.3 Å². The number of nitrogen functional groups attached to an aromatic ring is 1. The lowest BCUT2D eigenvalue weighted by Gasteiger charge is -2.10. The Morgan fingerprint density at radius 1 is 1.61 bits per heavy atom. The number of carbonyl (C=O) groups excluding carboxylic acids is 1. The van der Waals surface area contributed by atoms with E-state index >= 15 is 0 Å². The van der Waals surface area contributed by atoms with Gasteiger partial charge in [-0.2, -0.15) is 5.26 Å². The molecule has 0 fully saturated rings. The standard InChI is InChI=1S/C11H16N4O2S/c1-15(2)5-4-14-10-7(6-12)8(13)9(18-10)11(16)17-3/h14H,4-5,13H2,1-3H3. The fourth-order valence-corrected chi connectivity index (χ4v) is 2.33. The lowest BCUT2D eigenvalue weighted by molar-refractivity contribution is 0.0607. The Bertz CT molecular complexity index is 476. The highest BCUT2D eigenvalue weighted by Gasteiger charge is 2.21. The first-order chi connectivity index (χ1) is 8.51. The number of ether oxygens (including phenoxy) is 1. The molecule has 0 atom stereocenters. The number of esters is 1. The molecule has 0 aliphatic heterocycles. The average Bonchev–Trinajstić information content (AvgIpc) is 2.64. The third-order valence-corrected chi connectivity index (χ3v) is 3.42. The van der Waals surface area contributed by atoms with Crippen LogP contribution in [0.4, 0.5) is 10.7 Å². The van der Waals surface area contributed by atoms with Gasteiger partial charge in [0, 0.05) is 13.1 Å². The summed E-state index contributed by atoms with van der Waals surface area (Å²) in [4.78, 5) is 13.7. The number of methoxy groups -OCH3 is 1. The summed E-state index contributed by atoms with van der Waals surface area (Å²) < 4.78 is 4.62. The number of nitrogens with one attached hydrogen (secondary N) is 1. The van der Waals surface area contributed by atoms with Gasteiger partial charge in [-0.05, 0) is 14.1 Å². The Morgan fingerprint density at radius 3 is 2.78 bits per heavy atom. The van der Waals surface area contributed by atoms with Gasteiger partial charge in [0.05, 0.1) is 12.8 Å². The van der Waals surface area contributed by atoms with Crippen molar-refractivity contribution in [3.05, 3.63) is 10.4 Å². The molecule has 0 saturated heterocycles. The topological polar surface area (TPSA) is 91.4 Å². The van der Waals surface area contributed by atoms with E-state index in [2.05, 4.69) is 10.1 Å². The number of hydrogen-bond acceptors (Lipinski definition) is 7. The Hall–Kier alpha value is -1.78. The first-order valence-corrected chi connectivity index (χ1v) is 6.12. The van der Waals surface area contributed by atoms with Gasteiger partial charge in [0.25, 0.3) is 0 Å². The zero-order valence-electron chi connectivity index (χ0n) is 10.6. The molecule has 0 aliphatic rings. The molecule has 1 rings (SSSR count). The quantitative estimate of drug-likeness (QED) is 0.773. The van der Waals surface area contributed by atoms with Crippen LogP contribution < -0.4 is 11.1 Å². The monoisotopic (exact) mass is 268 g/mol. The highest BCUT2D eigenvalue weighted by Crippen LogP contribution is 2.35. The van der Waals surface area contributed by atoms with Crippen molar-refractivity contribution < 1.29 is 9.53 Å². The number of likely N-dealkylation sites (N-methyl/N-ethyl adjacent to an activating group) is 1. The molecule has 7 heteroatoms. The van der Waals surface area contributed by atoms with Crippen LogP contribution in [0.25, 0.3) is 0 Å². The minimum atomic E-state index is -0.519. The summed E-state index contributed by atoms with van der Waals surface area (Å²) in [7, 11) is 5.19. The molecule has 0 aromatic carbocycles. The Labute approximate surface area is 110 Å². The Balaban J connectivity index is 2.91. The fraction of sp³-hybridized carbons (Fsp3) is 0.455. The number of rotatable bonds is 5. The van der Waals surface area contributed by atoms with Crippen LogP contribution in [0.3, 0.4) is 0 Å². The van der Waals surface area contributed by atoms with Crippen LogP contribution >= 0.6 is 11.3 Å². The first-order valence-electron chi connectivity index (χ1n) is 5.30. The number of anilines is 2. The normalized spacial score (nSPS) is 10.2. The van der Waals surface area contributed by atoms with Crippen molar-refractivity contribution in [3.8, 4) is 6.07 Å². The van der Waals surface area contributed by atoms with Crippen molar-refractivity contribution in [2.24, 2.45) is 0 Å². The van der Waals surface area contributed by atoms with Gasteiger partial charge in [0.15, 0.2) is 0 Å². The van der Waals surface area contributed by atoms with E-state index in [0.29, 0.717) is 17.1 Å².